The summed E-state index contributed by atoms with van der Waals surface area (Å²) in [7, 11) is 0. The second kappa shape index (κ2) is 6.85. The Hall–Kier alpha value is -0.980. The van der Waals surface area contributed by atoms with Crippen LogP contribution in [0.2, 0.25) is 0 Å². The SMILES string of the molecule is CC(C)c1scnc1C(=O)N1C[C@@H](C)N(CCO)[C@@H](C)C1. The van der Waals surface area contributed by atoms with Crippen molar-refractivity contribution in [3.05, 3.63) is 16.1 Å². The minimum absolute atomic E-state index is 0.0438. The number of carbonyl (C=O) groups is 1. The molecule has 0 bridgehead atoms. The van der Waals surface area contributed by atoms with Gasteiger partial charge in [-0.1, -0.05) is 13.8 Å². The maximum absolute atomic E-state index is 12.7. The van der Waals surface area contributed by atoms with E-state index in [4.69, 9.17) is 5.11 Å². The molecule has 118 valence electrons. The smallest absolute Gasteiger partial charge is 0.273 e. The molecule has 21 heavy (non-hydrogen) atoms. The fraction of sp³-hybridized carbons (Fsp3) is 0.733. The van der Waals surface area contributed by atoms with Crippen LogP contribution in [0.1, 0.15) is 49.0 Å². The molecule has 1 aromatic heterocycles. The van der Waals surface area contributed by atoms with Crippen molar-refractivity contribution in [1.82, 2.24) is 14.8 Å². The maximum Gasteiger partial charge on any atom is 0.273 e. The third kappa shape index (κ3) is 3.44. The van der Waals surface area contributed by atoms with Crippen molar-refractivity contribution < 1.29 is 9.90 Å². The van der Waals surface area contributed by atoms with E-state index in [1.54, 1.807) is 16.8 Å². The summed E-state index contributed by atoms with van der Waals surface area (Å²) in [6, 6.07) is 0.511. The third-order valence-corrected chi connectivity index (χ3v) is 5.20. The number of thiazole rings is 1. The highest BCUT2D eigenvalue weighted by Gasteiger charge is 2.33. The fourth-order valence-corrected chi connectivity index (χ4v) is 3.85. The lowest BCUT2D eigenvalue weighted by Crippen LogP contribution is -2.58. The van der Waals surface area contributed by atoms with Crippen LogP contribution in [-0.4, -0.2) is 64.1 Å². The molecule has 1 aliphatic rings. The average molecular weight is 311 g/mol. The standard InChI is InChI=1S/C15H25N3O2S/c1-10(2)14-13(16-9-21-14)15(20)17-7-11(3)18(5-6-19)12(4)8-17/h9-12,19H,5-8H2,1-4H3/t11-,12+. The lowest BCUT2D eigenvalue weighted by Gasteiger charge is -2.44. The van der Waals surface area contributed by atoms with Crippen LogP contribution in [0.25, 0.3) is 0 Å². The van der Waals surface area contributed by atoms with Gasteiger partial charge in [-0.3, -0.25) is 9.69 Å². The predicted molar refractivity (Wildman–Crippen MR) is 84.8 cm³/mol. The van der Waals surface area contributed by atoms with Crippen LogP contribution in [0.5, 0.6) is 0 Å². The number of carbonyl (C=O) groups excluding carboxylic acids is 1. The minimum Gasteiger partial charge on any atom is -0.395 e. The molecule has 6 heteroatoms. The lowest BCUT2D eigenvalue weighted by molar-refractivity contribution is 0.0233. The van der Waals surface area contributed by atoms with Crippen molar-refractivity contribution in [1.29, 1.82) is 0 Å². The first-order chi connectivity index (χ1) is 9.95. The van der Waals surface area contributed by atoms with Crippen LogP contribution in [0.15, 0.2) is 5.51 Å². The number of β-amino-alcohol motifs (C(OH)–C–C–N with tert-alkyl or cyclic N) is 1. The largest absolute Gasteiger partial charge is 0.395 e. The summed E-state index contributed by atoms with van der Waals surface area (Å²) in [5.41, 5.74) is 2.38. The van der Waals surface area contributed by atoms with E-state index >= 15 is 0 Å². The highest BCUT2D eigenvalue weighted by molar-refractivity contribution is 7.10. The highest BCUT2D eigenvalue weighted by Crippen LogP contribution is 2.26. The summed E-state index contributed by atoms with van der Waals surface area (Å²) < 4.78 is 0. The topological polar surface area (TPSA) is 56.7 Å². The molecule has 5 nitrogen and oxygen atoms in total. The van der Waals surface area contributed by atoms with Gasteiger partial charge < -0.3 is 10.0 Å². The zero-order valence-electron chi connectivity index (χ0n) is 13.2. The molecule has 1 N–H and O–H groups in total. The van der Waals surface area contributed by atoms with Gasteiger partial charge in [0.25, 0.3) is 5.91 Å². The fourth-order valence-electron chi connectivity index (χ4n) is 3.05. The van der Waals surface area contributed by atoms with Gasteiger partial charge in [0, 0.05) is 36.6 Å². The summed E-state index contributed by atoms with van der Waals surface area (Å²) in [6.45, 7) is 10.6. The van der Waals surface area contributed by atoms with Gasteiger partial charge in [-0.25, -0.2) is 4.98 Å². The van der Waals surface area contributed by atoms with Crippen molar-refractivity contribution in [2.24, 2.45) is 0 Å². The number of hydrogen-bond acceptors (Lipinski definition) is 5. The van der Waals surface area contributed by atoms with Gasteiger partial charge in [-0.2, -0.15) is 0 Å². The Morgan fingerprint density at radius 3 is 2.57 bits per heavy atom. The van der Waals surface area contributed by atoms with Gasteiger partial charge in [0.15, 0.2) is 0 Å². The van der Waals surface area contributed by atoms with Crippen LogP contribution < -0.4 is 0 Å². The third-order valence-electron chi connectivity index (χ3n) is 4.07. The molecule has 1 aliphatic heterocycles. The molecule has 2 atom stereocenters. The first kappa shape index (κ1) is 16.4. The van der Waals surface area contributed by atoms with Crippen molar-refractivity contribution in [2.45, 2.75) is 45.7 Å². The monoisotopic (exact) mass is 311 g/mol. The van der Waals surface area contributed by atoms with Crippen LogP contribution >= 0.6 is 11.3 Å². The Bertz CT molecular complexity index is 477. The molecular formula is C15H25N3O2S. The van der Waals surface area contributed by atoms with E-state index in [2.05, 4.69) is 37.6 Å². The zero-order valence-corrected chi connectivity index (χ0v) is 14.1. The molecule has 0 saturated carbocycles. The molecule has 0 radical (unpaired) electrons. The number of rotatable bonds is 4. The number of nitrogens with zero attached hydrogens (tertiary/aromatic N) is 3. The quantitative estimate of drug-likeness (QED) is 0.921. The molecule has 1 amide bonds. The molecule has 2 heterocycles. The molecule has 0 spiro atoms. The van der Waals surface area contributed by atoms with Gasteiger partial charge in [-0.15, -0.1) is 11.3 Å². The Balaban J connectivity index is 2.12. The van der Waals surface area contributed by atoms with Crippen LogP contribution in [0, 0.1) is 0 Å². The molecule has 1 fully saturated rings. The van der Waals surface area contributed by atoms with E-state index in [1.165, 1.54) is 0 Å². The highest BCUT2D eigenvalue weighted by atomic mass is 32.1. The molecule has 0 aromatic carbocycles. The second-order valence-electron chi connectivity index (χ2n) is 6.09. The average Bonchev–Trinajstić information content (AvgIpc) is 2.91. The van der Waals surface area contributed by atoms with Crippen molar-refractivity contribution in [2.75, 3.05) is 26.2 Å². The first-order valence-electron chi connectivity index (χ1n) is 7.55. The molecular weight excluding hydrogens is 286 g/mol. The van der Waals surface area contributed by atoms with Gasteiger partial charge >= 0.3 is 0 Å². The van der Waals surface area contributed by atoms with E-state index < -0.39 is 0 Å². The van der Waals surface area contributed by atoms with Crippen molar-refractivity contribution >= 4 is 17.2 Å². The molecule has 1 aromatic rings. The normalized spacial score (nSPS) is 23.8. The number of hydrogen-bond donors (Lipinski definition) is 1. The van der Waals surface area contributed by atoms with Crippen LogP contribution in [0.4, 0.5) is 0 Å². The van der Waals surface area contributed by atoms with Crippen LogP contribution in [0.3, 0.4) is 0 Å². The van der Waals surface area contributed by atoms with Gasteiger partial charge in [0.2, 0.25) is 0 Å². The Morgan fingerprint density at radius 2 is 2.05 bits per heavy atom. The molecule has 0 aliphatic carbocycles. The second-order valence-corrected chi connectivity index (χ2v) is 6.98. The van der Waals surface area contributed by atoms with Crippen molar-refractivity contribution in [3.8, 4) is 0 Å². The van der Waals surface area contributed by atoms with E-state index in [0.717, 1.165) is 4.88 Å². The molecule has 1 saturated heterocycles. The summed E-state index contributed by atoms with van der Waals surface area (Å²) >= 11 is 1.56. The van der Waals surface area contributed by atoms with E-state index in [0.29, 0.717) is 31.2 Å². The minimum atomic E-state index is 0.0438. The van der Waals surface area contributed by atoms with E-state index in [1.807, 2.05) is 4.90 Å². The Kier molecular flexibility index (Phi) is 5.35. The molecule has 0 unspecified atom stereocenters. The summed E-state index contributed by atoms with van der Waals surface area (Å²) in [6.07, 6.45) is 0. The summed E-state index contributed by atoms with van der Waals surface area (Å²) in [4.78, 5) is 22.3. The predicted octanol–water partition coefficient (Wildman–Crippen LogP) is 1.79. The van der Waals surface area contributed by atoms with Gasteiger partial charge in [0.05, 0.1) is 12.1 Å². The molecule has 2 rings (SSSR count). The number of piperazine rings is 1. The van der Waals surface area contributed by atoms with Gasteiger partial charge in [-0.05, 0) is 19.8 Å². The first-order valence-corrected chi connectivity index (χ1v) is 8.42. The zero-order chi connectivity index (χ0) is 15.6. The lowest BCUT2D eigenvalue weighted by atomic mass is 10.1. The maximum atomic E-state index is 12.7. The Morgan fingerprint density at radius 1 is 1.43 bits per heavy atom. The number of aliphatic hydroxyl groups is 1. The van der Waals surface area contributed by atoms with E-state index in [9.17, 15) is 4.79 Å². The number of aromatic nitrogens is 1. The summed E-state index contributed by atoms with van der Waals surface area (Å²) in [5, 5.41) is 9.15. The van der Waals surface area contributed by atoms with E-state index in [-0.39, 0.29) is 24.6 Å². The van der Waals surface area contributed by atoms with Gasteiger partial charge in [0.1, 0.15) is 5.69 Å². The van der Waals surface area contributed by atoms with Crippen molar-refractivity contribution in [3.63, 3.8) is 0 Å². The number of aliphatic hydroxyl groups excluding tert-OH is 1. The Labute approximate surface area is 130 Å². The summed E-state index contributed by atoms with van der Waals surface area (Å²) in [5.74, 6) is 0.365. The number of amides is 1. The van der Waals surface area contributed by atoms with Crippen LogP contribution in [-0.2, 0) is 0 Å².